The second-order valence-electron chi connectivity index (χ2n) is 8.24. The van der Waals surface area contributed by atoms with Gasteiger partial charge >= 0.3 is 5.97 Å². The fourth-order valence-electron chi connectivity index (χ4n) is 4.34. The number of carbonyl (C=O) groups is 1. The molecule has 0 bridgehead atoms. The number of anilines is 2. The van der Waals surface area contributed by atoms with Gasteiger partial charge in [-0.05, 0) is 59.2 Å². The number of hydrogen-bond donors (Lipinski definition) is 2. The average Bonchev–Trinajstić information content (AvgIpc) is 3.04. The van der Waals surface area contributed by atoms with E-state index in [9.17, 15) is 9.90 Å². The summed E-state index contributed by atoms with van der Waals surface area (Å²) in [5.74, 6) is -0.408. The SMILES string of the molecule is COc1cc(Nc2cc3c(cn2)CN=C(c2c(F)cccc2OC)c2cc(Cl)ccc2-3)ccc1C(=O)O. The molecular weight excluding hydrogens is 497 g/mol. The molecule has 0 unspecified atom stereocenters. The maximum absolute atomic E-state index is 15.1. The van der Waals surface area contributed by atoms with Crippen LogP contribution in [0.1, 0.15) is 27.0 Å². The van der Waals surface area contributed by atoms with Crippen molar-refractivity contribution in [1.82, 2.24) is 4.98 Å². The quantitative estimate of drug-likeness (QED) is 0.309. The molecule has 0 aliphatic carbocycles. The predicted octanol–water partition coefficient (Wildman–Crippen LogP) is 6.35. The van der Waals surface area contributed by atoms with Crippen molar-refractivity contribution in [3.05, 3.63) is 100.0 Å². The number of fused-ring (bicyclic) bond motifs is 3. The van der Waals surface area contributed by atoms with E-state index in [0.29, 0.717) is 33.6 Å². The van der Waals surface area contributed by atoms with Gasteiger partial charge in [-0.3, -0.25) is 4.99 Å². The molecule has 37 heavy (non-hydrogen) atoms. The van der Waals surface area contributed by atoms with Gasteiger partial charge in [0.25, 0.3) is 0 Å². The zero-order valence-electron chi connectivity index (χ0n) is 19.9. The number of carboxylic acid groups (broad SMARTS) is 1. The standard InChI is InChI=1S/C28H21ClFN3O4/c1-36-23-5-3-4-22(30)26(23)27-21-10-16(29)6-8-18(21)20-12-25(31-13-15(20)14-32-27)33-17-7-9-19(28(34)35)24(11-17)37-2/h3-13H,14H2,1-2H3,(H,31,33)(H,34,35). The van der Waals surface area contributed by atoms with Crippen molar-refractivity contribution < 1.29 is 23.8 Å². The summed E-state index contributed by atoms with van der Waals surface area (Å²) in [4.78, 5) is 20.7. The Morgan fingerprint density at radius 2 is 1.81 bits per heavy atom. The summed E-state index contributed by atoms with van der Waals surface area (Å²) in [7, 11) is 2.90. The van der Waals surface area contributed by atoms with E-state index >= 15 is 4.39 Å². The molecule has 0 spiro atoms. The number of carboxylic acids is 1. The van der Waals surface area contributed by atoms with Crippen LogP contribution in [0.2, 0.25) is 5.02 Å². The number of nitrogens with one attached hydrogen (secondary N) is 1. The lowest BCUT2D eigenvalue weighted by Gasteiger charge is -2.15. The molecule has 0 fully saturated rings. The summed E-state index contributed by atoms with van der Waals surface area (Å²) in [6.45, 7) is 0.267. The number of halogens is 2. The summed E-state index contributed by atoms with van der Waals surface area (Å²) < 4.78 is 25.7. The number of pyridine rings is 1. The summed E-state index contributed by atoms with van der Waals surface area (Å²) in [6.07, 6.45) is 1.71. The molecule has 1 aromatic heterocycles. The fourth-order valence-corrected chi connectivity index (χ4v) is 4.51. The number of rotatable bonds is 6. The van der Waals surface area contributed by atoms with Gasteiger partial charge in [-0.2, -0.15) is 0 Å². The molecule has 0 radical (unpaired) electrons. The summed E-state index contributed by atoms with van der Waals surface area (Å²) >= 11 is 6.37. The lowest BCUT2D eigenvalue weighted by Crippen LogP contribution is -2.09. The Kier molecular flexibility index (Phi) is 6.50. The molecule has 4 aromatic rings. The molecule has 0 saturated heterocycles. The van der Waals surface area contributed by atoms with Gasteiger partial charge in [-0.15, -0.1) is 0 Å². The maximum Gasteiger partial charge on any atom is 0.339 e. The normalized spacial score (nSPS) is 12.1. The van der Waals surface area contributed by atoms with Crippen molar-refractivity contribution in [2.75, 3.05) is 19.5 Å². The molecule has 0 amide bonds. The van der Waals surface area contributed by atoms with Crippen LogP contribution in [0.5, 0.6) is 11.5 Å². The van der Waals surface area contributed by atoms with E-state index in [1.54, 1.807) is 42.6 Å². The highest BCUT2D eigenvalue weighted by Crippen LogP contribution is 2.38. The number of aromatic nitrogens is 1. The number of benzene rings is 3. The maximum atomic E-state index is 15.1. The molecule has 1 aliphatic rings. The van der Waals surface area contributed by atoms with Gasteiger partial charge in [0.2, 0.25) is 0 Å². The third kappa shape index (κ3) is 4.59. The van der Waals surface area contributed by atoms with Crippen molar-refractivity contribution in [3.63, 3.8) is 0 Å². The minimum absolute atomic E-state index is 0.0574. The Hall–Kier alpha value is -4.43. The van der Waals surface area contributed by atoms with Gasteiger partial charge in [-0.25, -0.2) is 14.2 Å². The van der Waals surface area contributed by atoms with Crippen LogP contribution in [0.4, 0.5) is 15.9 Å². The van der Waals surface area contributed by atoms with Gasteiger partial charge in [0.05, 0.1) is 32.0 Å². The van der Waals surface area contributed by atoms with E-state index in [0.717, 1.165) is 16.7 Å². The first-order valence-electron chi connectivity index (χ1n) is 11.2. The topological polar surface area (TPSA) is 93.0 Å². The van der Waals surface area contributed by atoms with Crippen molar-refractivity contribution >= 4 is 34.8 Å². The molecule has 5 rings (SSSR count). The van der Waals surface area contributed by atoms with Crippen LogP contribution in [0, 0.1) is 5.82 Å². The minimum Gasteiger partial charge on any atom is -0.496 e. The number of nitrogens with zero attached hydrogens (tertiary/aromatic N) is 2. The van der Waals surface area contributed by atoms with Crippen LogP contribution < -0.4 is 14.8 Å². The zero-order chi connectivity index (χ0) is 26.1. The van der Waals surface area contributed by atoms with Crippen LogP contribution in [-0.4, -0.2) is 36.0 Å². The molecule has 2 heterocycles. The van der Waals surface area contributed by atoms with E-state index < -0.39 is 11.8 Å². The highest BCUT2D eigenvalue weighted by molar-refractivity contribution is 6.31. The Morgan fingerprint density at radius 1 is 1.00 bits per heavy atom. The van der Waals surface area contributed by atoms with Gasteiger partial charge < -0.3 is 19.9 Å². The predicted molar refractivity (Wildman–Crippen MR) is 140 cm³/mol. The summed E-state index contributed by atoms with van der Waals surface area (Å²) in [6, 6.07) is 16.6. The van der Waals surface area contributed by atoms with Gasteiger partial charge in [0.15, 0.2) is 0 Å². The van der Waals surface area contributed by atoms with Crippen molar-refractivity contribution in [2.24, 2.45) is 4.99 Å². The van der Waals surface area contributed by atoms with Crippen LogP contribution in [-0.2, 0) is 6.54 Å². The van der Waals surface area contributed by atoms with Gasteiger partial charge in [0.1, 0.15) is 28.7 Å². The van der Waals surface area contributed by atoms with Crippen molar-refractivity contribution in [2.45, 2.75) is 6.54 Å². The van der Waals surface area contributed by atoms with Gasteiger partial charge in [0, 0.05) is 28.5 Å². The lowest BCUT2D eigenvalue weighted by molar-refractivity contribution is 0.0693. The Bertz CT molecular complexity index is 1570. The minimum atomic E-state index is -1.08. The second-order valence-corrected chi connectivity index (χ2v) is 8.68. The monoisotopic (exact) mass is 517 g/mol. The molecule has 2 N–H and O–H groups in total. The Morgan fingerprint density at radius 3 is 2.57 bits per heavy atom. The highest BCUT2D eigenvalue weighted by Gasteiger charge is 2.24. The highest BCUT2D eigenvalue weighted by atomic mass is 35.5. The first kappa shape index (κ1) is 24.3. The summed E-state index contributed by atoms with van der Waals surface area (Å²) in [5.41, 5.74) is 4.54. The van der Waals surface area contributed by atoms with E-state index in [2.05, 4.69) is 10.3 Å². The number of hydrogen-bond acceptors (Lipinski definition) is 6. The molecule has 1 aliphatic heterocycles. The van der Waals surface area contributed by atoms with Crippen molar-refractivity contribution in [1.29, 1.82) is 0 Å². The third-order valence-electron chi connectivity index (χ3n) is 6.06. The van der Waals surface area contributed by atoms with Crippen LogP contribution in [0.3, 0.4) is 0 Å². The Labute approximate surface area is 217 Å². The number of aliphatic imine (C=N–C) groups is 1. The number of ether oxygens (including phenoxy) is 2. The molecule has 0 atom stereocenters. The smallest absolute Gasteiger partial charge is 0.339 e. The van der Waals surface area contributed by atoms with Crippen LogP contribution in [0.25, 0.3) is 11.1 Å². The zero-order valence-corrected chi connectivity index (χ0v) is 20.6. The van der Waals surface area contributed by atoms with Crippen LogP contribution in [0.15, 0.2) is 71.9 Å². The molecular formula is C28H21ClFN3O4. The molecule has 3 aromatic carbocycles. The molecule has 7 nitrogen and oxygen atoms in total. The average molecular weight is 518 g/mol. The summed E-state index contributed by atoms with van der Waals surface area (Å²) in [5, 5.41) is 13.0. The first-order chi connectivity index (χ1) is 17.9. The van der Waals surface area contributed by atoms with E-state index in [1.807, 2.05) is 12.1 Å². The lowest BCUT2D eigenvalue weighted by atomic mass is 9.92. The number of aromatic carboxylic acids is 1. The number of methoxy groups -OCH3 is 2. The largest absolute Gasteiger partial charge is 0.496 e. The second kappa shape index (κ2) is 9.91. The van der Waals surface area contributed by atoms with Crippen molar-refractivity contribution in [3.8, 4) is 22.6 Å². The van der Waals surface area contributed by atoms with Gasteiger partial charge in [-0.1, -0.05) is 23.7 Å². The Balaban J connectivity index is 1.60. The fraction of sp³-hybridized carbons (Fsp3) is 0.107. The molecule has 186 valence electrons. The first-order valence-corrected chi connectivity index (χ1v) is 11.6. The van der Waals surface area contributed by atoms with E-state index in [1.165, 1.54) is 26.4 Å². The van der Waals surface area contributed by atoms with E-state index in [-0.39, 0.29) is 23.4 Å². The molecule has 9 heteroatoms. The van der Waals surface area contributed by atoms with Crippen LogP contribution >= 0.6 is 11.6 Å². The molecule has 0 saturated carbocycles. The van der Waals surface area contributed by atoms with E-state index in [4.69, 9.17) is 26.1 Å². The third-order valence-corrected chi connectivity index (χ3v) is 6.29.